The van der Waals surface area contributed by atoms with Crippen LogP contribution in [0.15, 0.2) is 24.4 Å². The first-order valence-electron chi connectivity index (χ1n) is 9.80. The Hall–Kier alpha value is -2.65. The Morgan fingerprint density at radius 3 is 2.77 bits per heavy atom. The summed E-state index contributed by atoms with van der Waals surface area (Å²) in [7, 11) is 2.91. The molecule has 0 saturated carbocycles. The number of pyridine rings is 1. The summed E-state index contributed by atoms with van der Waals surface area (Å²) in [6.45, 7) is 7.82. The first kappa shape index (κ1) is 23.6. The lowest BCUT2D eigenvalue weighted by atomic mass is 10.0. The molecule has 2 rings (SSSR count). The number of carbonyl (C=O) groups excluding carboxylic acids is 2. The highest BCUT2D eigenvalue weighted by molar-refractivity contribution is 5.97. The quantitative estimate of drug-likeness (QED) is 0.506. The smallest absolute Gasteiger partial charge is 0.329 e. The minimum absolute atomic E-state index is 0.112. The summed E-state index contributed by atoms with van der Waals surface area (Å²) < 4.78 is 22.0. The predicted molar refractivity (Wildman–Crippen MR) is 108 cm³/mol. The van der Waals surface area contributed by atoms with E-state index in [0.717, 1.165) is 5.57 Å². The molecular weight excluding hydrogens is 392 g/mol. The number of ether oxygens (including phenoxy) is 4. The summed E-state index contributed by atoms with van der Waals surface area (Å²) in [4.78, 5) is 29.2. The molecule has 0 radical (unpaired) electrons. The number of aromatic hydroxyl groups is 1. The maximum atomic E-state index is 12.7. The van der Waals surface area contributed by atoms with E-state index in [1.165, 1.54) is 19.4 Å². The molecule has 2 N–H and O–H groups in total. The molecule has 0 unspecified atom stereocenters. The van der Waals surface area contributed by atoms with E-state index in [1.807, 2.05) is 6.92 Å². The van der Waals surface area contributed by atoms with Crippen molar-refractivity contribution in [1.82, 2.24) is 10.3 Å². The van der Waals surface area contributed by atoms with Crippen molar-refractivity contribution in [2.75, 3.05) is 20.8 Å². The average molecular weight is 422 g/mol. The number of hydrogen-bond acceptors (Lipinski definition) is 8. The van der Waals surface area contributed by atoms with E-state index in [9.17, 15) is 14.7 Å². The van der Waals surface area contributed by atoms with Crippen LogP contribution in [0.3, 0.4) is 0 Å². The molecule has 1 aromatic rings. The minimum atomic E-state index is -0.898. The molecule has 1 saturated heterocycles. The number of nitrogens with one attached hydrogen (secondary N) is 1. The lowest BCUT2D eigenvalue weighted by Gasteiger charge is -2.29. The van der Waals surface area contributed by atoms with Gasteiger partial charge in [-0.3, -0.25) is 4.79 Å². The van der Waals surface area contributed by atoms with Crippen LogP contribution in [0.2, 0.25) is 0 Å². The van der Waals surface area contributed by atoms with Crippen LogP contribution in [-0.2, 0) is 19.0 Å². The Morgan fingerprint density at radius 2 is 2.13 bits per heavy atom. The zero-order valence-electron chi connectivity index (χ0n) is 17.8. The van der Waals surface area contributed by atoms with Crippen LogP contribution in [0.5, 0.6) is 11.5 Å². The molecule has 2 heterocycles. The van der Waals surface area contributed by atoms with Crippen molar-refractivity contribution in [2.24, 2.45) is 0 Å². The molecule has 9 heteroatoms. The molecule has 4 atom stereocenters. The van der Waals surface area contributed by atoms with Gasteiger partial charge in [-0.25, -0.2) is 9.78 Å². The summed E-state index contributed by atoms with van der Waals surface area (Å²) in [5, 5.41) is 12.7. The van der Waals surface area contributed by atoms with Crippen LogP contribution in [0.4, 0.5) is 0 Å². The zero-order chi connectivity index (χ0) is 22.3. The number of rotatable bonds is 7. The number of nitrogens with zero attached hydrogens (tertiary/aromatic N) is 1. The van der Waals surface area contributed by atoms with Crippen molar-refractivity contribution < 1.29 is 33.6 Å². The first-order chi connectivity index (χ1) is 14.3. The molecule has 0 spiro atoms. The summed E-state index contributed by atoms with van der Waals surface area (Å²) in [6, 6.07) is 0.530. The van der Waals surface area contributed by atoms with Gasteiger partial charge in [0.15, 0.2) is 17.2 Å². The Bertz CT molecular complexity index is 768. The number of hydrogen-bond donors (Lipinski definition) is 2. The van der Waals surface area contributed by atoms with Crippen molar-refractivity contribution in [1.29, 1.82) is 0 Å². The van der Waals surface area contributed by atoms with Crippen LogP contribution in [0.25, 0.3) is 0 Å². The molecule has 1 aromatic heterocycles. The topological polar surface area (TPSA) is 116 Å². The normalized spacial score (nSPS) is 24.7. The predicted octanol–water partition coefficient (Wildman–Crippen LogP) is 1.99. The van der Waals surface area contributed by atoms with Gasteiger partial charge in [0.05, 0.1) is 19.8 Å². The summed E-state index contributed by atoms with van der Waals surface area (Å²) in [5.41, 5.74) is 0.651. The fourth-order valence-corrected chi connectivity index (χ4v) is 3.34. The summed E-state index contributed by atoms with van der Waals surface area (Å²) >= 11 is 0. The second-order valence-corrected chi connectivity index (χ2v) is 7.32. The highest BCUT2D eigenvalue weighted by Crippen LogP contribution is 2.28. The number of cyclic esters (lactones) is 1. The SMILES string of the molecule is C=C(C)CO[C@H]1CCC[C@H](NC(=O)c2nccc(OC)c2O)C(=O)O[C@@H](C)[C@@H]1OC. The monoisotopic (exact) mass is 422 g/mol. The van der Waals surface area contributed by atoms with Crippen molar-refractivity contribution in [3.05, 3.63) is 30.1 Å². The van der Waals surface area contributed by atoms with E-state index in [1.54, 1.807) is 14.0 Å². The van der Waals surface area contributed by atoms with Crippen molar-refractivity contribution in [2.45, 2.75) is 57.5 Å². The van der Waals surface area contributed by atoms with E-state index in [4.69, 9.17) is 18.9 Å². The molecule has 1 amide bonds. The van der Waals surface area contributed by atoms with Gasteiger partial charge in [-0.2, -0.15) is 0 Å². The molecule has 30 heavy (non-hydrogen) atoms. The number of amides is 1. The van der Waals surface area contributed by atoms with Crippen molar-refractivity contribution in [3.8, 4) is 11.5 Å². The third kappa shape index (κ3) is 5.93. The Balaban J connectivity index is 2.14. The van der Waals surface area contributed by atoms with Gasteiger partial charge >= 0.3 is 5.97 Å². The maximum Gasteiger partial charge on any atom is 0.329 e. The van der Waals surface area contributed by atoms with Gasteiger partial charge < -0.3 is 29.4 Å². The number of aromatic nitrogens is 1. The Labute approximate surface area is 176 Å². The maximum absolute atomic E-state index is 12.7. The van der Waals surface area contributed by atoms with E-state index in [0.29, 0.717) is 25.9 Å². The molecule has 0 aliphatic carbocycles. The largest absolute Gasteiger partial charge is 0.503 e. The minimum Gasteiger partial charge on any atom is -0.503 e. The lowest BCUT2D eigenvalue weighted by Crippen LogP contribution is -2.45. The molecule has 1 fully saturated rings. The van der Waals surface area contributed by atoms with E-state index < -0.39 is 35.9 Å². The van der Waals surface area contributed by atoms with E-state index >= 15 is 0 Å². The standard InChI is InChI=1S/C21H30N2O7/c1-12(2)11-29-16-8-6-7-14(21(26)30-13(3)19(16)28-5)23-20(25)17-18(24)15(27-4)9-10-22-17/h9-10,13-14,16,19,24H,1,6-8,11H2,2-5H3,(H,23,25)/t13-,14-,16-,19-/m0/s1. The van der Waals surface area contributed by atoms with Crippen LogP contribution in [0.1, 0.15) is 43.6 Å². The molecule has 0 aromatic carbocycles. The van der Waals surface area contributed by atoms with Crippen LogP contribution in [-0.4, -0.2) is 67.1 Å². The Morgan fingerprint density at radius 1 is 1.40 bits per heavy atom. The highest BCUT2D eigenvalue weighted by atomic mass is 16.6. The number of esters is 1. The number of methoxy groups -OCH3 is 2. The van der Waals surface area contributed by atoms with Crippen molar-refractivity contribution in [3.63, 3.8) is 0 Å². The molecule has 166 valence electrons. The van der Waals surface area contributed by atoms with E-state index in [2.05, 4.69) is 16.9 Å². The fraction of sp³-hybridized carbons (Fsp3) is 0.571. The van der Waals surface area contributed by atoms with Gasteiger partial charge in [0.2, 0.25) is 0 Å². The molecule has 1 aliphatic rings. The van der Waals surface area contributed by atoms with E-state index in [-0.39, 0.29) is 17.5 Å². The fourth-order valence-electron chi connectivity index (χ4n) is 3.34. The lowest BCUT2D eigenvalue weighted by molar-refractivity contribution is -0.163. The van der Waals surface area contributed by atoms with Crippen LogP contribution in [0, 0.1) is 0 Å². The average Bonchev–Trinajstić information content (AvgIpc) is 2.75. The van der Waals surface area contributed by atoms with Crippen LogP contribution >= 0.6 is 0 Å². The third-order valence-corrected chi connectivity index (χ3v) is 4.84. The molecule has 9 nitrogen and oxygen atoms in total. The van der Waals surface area contributed by atoms with Gasteiger partial charge in [-0.15, -0.1) is 0 Å². The summed E-state index contributed by atoms with van der Waals surface area (Å²) in [6.07, 6.45) is 1.56. The van der Waals surface area contributed by atoms with Crippen LogP contribution < -0.4 is 10.1 Å². The summed E-state index contributed by atoms with van der Waals surface area (Å²) in [5.74, 6) is -1.56. The van der Waals surface area contributed by atoms with Gasteiger partial charge in [0.1, 0.15) is 18.2 Å². The second kappa shape index (κ2) is 10.9. The van der Waals surface area contributed by atoms with Crippen molar-refractivity contribution >= 4 is 11.9 Å². The molecular formula is C21H30N2O7. The highest BCUT2D eigenvalue weighted by Gasteiger charge is 2.35. The van der Waals surface area contributed by atoms with Gasteiger partial charge in [-0.05, 0) is 33.1 Å². The number of carbonyl (C=O) groups is 2. The second-order valence-electron chi connectivity index (χ2n) is 7.32. The zero-order valence-corrected chi connectivity index (χ0v) is 17.8. The molecule has 0 bridgehead atoms. The van der Waals surface area contributed by atoms with Gasteiger partial charge in [-0.1, -0.05) is 12.2 Å². The first-order valence-corrected chi connectivity index (χ1v) is 9.80. The van der Waals surface area contributed by atoms with Gasteiger partial charge in [0.25, 0.3) is 5.91 Å². The van der Waals surface area contributed by atoms with Gasteiger partial charge in [0, 0.05) is 19.4 Å². The Kier molecular flexibility index (Phi) is 8.61. The third-order valence-electron chi connectivity index (χ3n) is 4.84. The molecule has 1 aliphatic heterocycles.